The zero-order valence-corrected chi connectivity index (χ0v) is 10.5. The van der Waals surface area contributed by atoms with Gasteiger partial charge in [-0.15, -0.1) is 11.3 Å². The Morgan fingerprint density at radius 3 is 2.56 bits per heavy atom. The minimum atomic E-state index is 1.01. The standard InChI is InChI=1S/C13H16N2S/c1-10-12(15-13(14-2)16-10)9-8-11-6-4-3-5-7-11/h3-7H,8-9H2,1-2H3,(H,14,15). The molecule has 2 aromatic rings. The lowest BCUT2D eigenvalue weighted by Crippen LogP contribution is -1.94. The van der Waals surface area contributed by atoms with Gasteiger partial charge in [-0.3, -0.25) is 0 Å². The van der Waals surface area contributed by atoms with E-state index in [2.05, 4.69) is 47.6 Å². The second-order valence-electron chi connectivity index (χ2n) is 3.76. The number of aryl methyl sites for hydroxylation is 3. The summed E-state index contributed by atoms with van der Waals surface area (Å²) in [4.78, 5) is 5.87. The molecule has 0 saturated heterocycles. The van der Waals surface area contributed by atoms with Crippen molar-refractivity contribution in [2.45, 2.75) is 19.8 Å². The number of hydrogen-bond acceptors (Lipinski definition) is 3. The highest BCUT2D eigenvalue weighted by molar-refractivity contribution is 7.15. The Hall–Kier alpha value is -1.35. The quantitative estimate of drug-likeness (QED) is 0.875. The molecule has 0 atom stereocenters. The summed E-state index contributed by atoms with van der Waals surface area (Å²) in [6.07, 6.45) is 2.09. The smallest absolute Gasteiger partial charge is 0.182 e. The van der Waals surface area contributed by atoms with Gasteiger partial charge in [0.1, 0.15) is 0 Å². The Balaban J connectivity index is 2.02. The fourth-order valence-corrected chi connectivity index (χ4v) is 2.49. The number of aromatic nitrogens is 1. The molecule has 0 amide bonds. The summed E-state index contributed by atoms with van der Waals surface area (Å²) in [7, 11) is 1.92. The first-order valence-corrected chi connectivity index (χ1v) is 6.29. The molecule has 1 heterocycles. The molecule has 84 valence electrons. The number of nitrogens with zero attached hydrogens (tertiary/aromatic N) is 1. The summed E-state index contributed by atoms with van der Waals surface area (Å²) < 4.78 is 0. The normalized spacial score (nSPS) is 10.4. The predicted molar refractivity (Wildman–Crippen MR) is 70.2 cm³/mol. The molecule has 0 aliphatic heterocycles. The molecule has 0 fully saturated rings. The number of benzene rings is 1. The van der Waals surface area contributed by atoms with Gasteiger partial charge in [0, 0.05) is 11.9 Å². The molecule has 0 spiro atoms. The van der Waals surface area contributed by atoms with Crippen molar-refractivity contribution in [1.82, 2.24) is 4.98 Å². The van der Waals surface area contributed by atoms with Crippen molar-refractivity contribution in [1.29, 1.82) is 0 Å². The molecule has 3 heteroatoms. The molecule has 2 rings (SSSR count). The molecule has 0 aliphatic rings. The average molecular weight is 232 g/mol. The first kappa shape index (κ1) is 11.1. The molecule has 0 unspecified atom stereocenters. The summed E-state index contributed by atoms with van der Waals surface area (Å²) >= 11 is 1.73. The largest absolute Gasteiger partial charge is 0.365 e. The molecule has 0 bridgehead atoms. The van der Waals surface area contributed by atoms with Gasteiger partial charge in [0.25, 0.3) is 0 Å². The van der Waals surface area contributed by atoms with Crippen LogP contribution in [0.5, 0.6) is 0 Å². The van der Waals surface area contributed by atoms with Crippen molar-refractivity contribution in [2.75, 3.05) is 12.4 Å². The molecule has 1 aromatic carbocycles. The van der Waals surface area contributed by atoms with Crippen molar-refractivity contribution in [3.05, 3.63) is 46.5 Å². The van der Waals surface area contributed by atoms with E-state index in [0.29, 0.717) is 0 Å². The zero-order valence-electron chi connectivity index (χ0n) is 9.66. The monoisotopic (exact) mass is 232 g/mol. The third-order valence-electron chi connectivity index (χ3n) is 2.60. The predicted octanol–water partition coefficient (Wildman–Crippen LogP) is 3.28. The highest BCUT2D eigenvalue weighted by atomic mass is 32.1. The highest BCUT2D eigenvalue weighted by Crippen LogP contribution is 2.22. The van der Waals surface area contributed by atoms with E-state index in [-0.39, 0.29) is 0 Å². The topological polar surface area (TPSA) is 24.9 Å². The van der Waals surface area contributed by atoms with Crippen LogP contribution in [0.2, 0.25) is 0 Å². The van der Waals surface area contributed by atoms with E-state index in [1.165, 1.54) is 16.1 Å². The maximum Gasteiger partial charge on any atom is 0.182 e. The van der Waals surface area contributed by atoms with Gasteiger partial charge in [-0.25, -0.2) is 4.98 Å². The van der Waals surface area contributed by atoms with Crippen molar-refractivity contribution in [3.63, 3.8) is 0 Å². The molecule has 1 aromatic heterocycles. The maximum absolute atomic E-state index is 4.55. The summed E-state index contributed by atoms with van der Waals surface area (Å²) in [5, 5.41) is 4.11. The highest BCUT2D eigenvalue weighted by Gasteiger charge is 2.06. The summed E-state index contributed by atoms with van der Waals surface area (Å²) in [5.41, 5.74) is 2.60. The van der Waals surface area contributed by atoms with E-state index in [9.17, 15) is 0 Å². The Bertz CT molecular complexity index is 448. The molecule has 0 radical (unpaired) electrons. The van der Waals surface area contributed by atoms with Crippen molar-refractivity contribution in [2.24, 2.45) is 0 Å². The Morgan fingerprint density at radius 2 is 1.94 bits per heavy atom. The number of thiazole rings is 1. The average Bonchev–Trinajstić information content (AvgIpc) is 2.69. The number of rotatable bonds is 4. The Kier molecular flexibility index (Phi) is 3.57. The van der Waals surface area contributed by atoms with Crippen LogP contribution in [0.3, 0.4) is 0 Å². The molecular weight excluding hydrogens is 216 g/mol. The second kappa shape index (κ2) is 5.12. The van der Waals surface area contributed by atoms with Gasteiger partial charge in [-0.05, 0) is 25.3 Å². The molecule has 1 N–H and O–H groups in total. The van der Waals surface area contributed by atoms with Gasteiger partial charge in [-0.2, -0.15) is 0 Å². The lowest BCUT2D eigenvalue weighted by atomic mass is 10.1. The summed E-state index contributed by atoms with van der Waals surface area (Å²) in [6, 6.07) is 10.6. The van der Waals surface area contributed by atoms with E-state index >= 15 is 0 Å². The third kappa shape index (κ3) is 2.61. The van der Waals surface area contributed by atoms with E-state index in [1.807, 2.05) is 7.05 Å². The molecular formula is C13H16N2S. The van der Waals surface area contributed by atoms with Crippen LogP contribution in [0.1, 0.15) is 16.1 Å². The van der Waals surface area contributed by atoms with E-state index in [0.717, 1.165) is 18.0 Å². The van der Waals surface area contributed by atoms with Crippen molar-refractivity contribution in [3.8, 4) is 0 Å². The van der Waals surface area contributed by atoms with Gasteiger partial charge in [0.15, 0.2) is 5.13 Å². The van der Waals surface area contributed by atoms with E-state index < -0.39 is 0 Å². The Morgan fingerprint density at radius 1 is 1.19 bits per heavy atom. The van der Waals surface area contributed by atoms with Gasteiger partial charge in [0.2, 0.25) is 0 Å². The minimum Gasteiger partial charge on any atom is -0.365 e. The molecule has 16 heavy (non-hydrogen) atoms. The van der Waals surface area contributed by atoms with Crippen LogP contribution in [-0.2, 0) is 12.8 Å². The van der Waals surface area contributed by atoms with Crippen molar-refractivity contribution >= 4 is 16.5 Å². The fraction of sp³-hybridized carbons (Fsp3) is 0.308. The van der Waals surface area contributed by atoms with Crippen LogP contribution in [0, 0.1) is 6.92 Å². The van der Waals surface area contributed by atoms with Crippen LogP contribution >= 0.6 is 11.3 Å². The van der Waals surface area contributed by atoms with Gasteiger partial charge < -0.3 is 5.32 Å². The Labute approximate surface area is 100 Å². The summed E-state index contributed by atoms with van der Waals surface area (Å²) in [6.45, 7) is 2.14. The SMILES string of the molecule is CNc1nc(CCc2ccccc2)c(C)s1. The van der Waals surface area contributed by atoms with Crippen LogP contribution in [0.4, 0.5) is 5.13 Å². The van der Waals surface area contributed by atoms with E-state index in [1.54, 1.807) is 11.3 Å². The van der Waals surface area contributed by atoms with Crippen molar-refractivity contribution < 1.29 is 0 Å². The second-order valence-corrected chi connectivity index (χ2v) is 4.96. The molecule has 0 aliphatic carbocycles. The van der Waals surface area contributed by atoms with Gasteiger partial charge >= 0.3 is 0 Å². The summed E-state index contributed by atoms with van der Waals surface area (Å²) in [5.74, 6) is 0. The first-order chi connectivity index (χ1) is 7.79. The van der Waals surface area contributed by atoms with E-state index in [4.69, 9.17) is 0 Å². The van der Waals surface area contributed by atoms with Crippen LogP contribution in [0.25, 0.3) is 0 Å². The lowest BCUT2D eigenvalue weighted by molar-refractivity contribution is 0.917. The maximum atomic E-state index is 4.55. The third-order valence-corrected chi connectivity index (χ3v) is 3.63. The molecule has 2 nitrogen and oxygen atoms in total. The van der Waals surface area contributed by atoms with Crippen LogP contribution < -0.4 is 5.32 Å². The number of nitrogens with one attached hydrogen (secondary N) is 1. The minimum absolute atomic E-state index is 1.01. The van der Waals surface area contributed by atoms with Crippen LogP contribution in [-0.4, -0.2) is 12.0 Å². The van der Waals surface area contributed by atoms with Crippen LogP contribution in [0.15, 0.2) is 30.3 Å². The zero-order chi connectivity index (χ0) is 11.4. The lowest BCUT2D eigenvalue weighted by Gasteiger charge is -1.99. The first-order valence-electron chi connectivity index (χ1n) is 5.47. The fourth-order valence-electron chi connectivity index (χ4n) is 1.67. The van der Waals surface area contributed by atoms with Gasteiger partial charge in [-0.1, -0.05) is 30.3 Å². The molecule has 0 saturated carbocycles. The van der Waals surface area contributed by atoms with Gasteiger partial charge in [0.05, 0.1) is 5.69 Å². The number of hydrogen-bond donors (Lipinski definition) is 1. The number of anilines is 1.